The van der Waals surface area contributed by atoms with E-state index in [1.54, 1.807) is 0 Å². The van der Waals surface area contributed by atoms with Gasteiger partial charge in [-0.25, -0.2) is 4.79 Å². The van der Waals surface area contributed by atoms with E-state index in [9.17, 15) is 18.0 Å². The average Bonchev–Trinajstić information content (AvgIpc) is 2.34. The molecule has 0 bridgehead atoms. The molecule has 1 aromatic rings. The van der Waals surface area contributed by atoms with Crippen molar-refractivity contribution in [2.24, 2.45) is 0 Å². The zero-order chi connectivity index (χ0) is 15.3. The first-order chi connectivity index (χ1) is 9.23. The molecular formula is C13H16F3NO2S. The molecule has 3 nitrogen and oxygen atoms in total. The summed E-state index contributed by atoms with van der Waals surface area (Å²) in [7, 11) is 1.27. The predicted molar refractivity (Wildman–Crippen MR) is 71.4 cm³/mol. The lowest BCUT2D eigenvalue weighted by atomic mass is 10.1. The SMILES string of the molecule is COC(=O)C(NC(C)C)c1ccc(SC(F)(F)F)cc1. The Morgan fingerprint density at radius 1 is 1.25 bits per heavy atom. The summed E-state index contributed by atoms with van der Waals surface area (Å²) >= 11 is -0.187. The van der Waals surface area contributed by atoms with Crippen LogP contribution in [0.5, 0.6) is 0 Å². The molecule has 1 aromatic carbocycles. The van der Waals surface area contributed by atoms with Gasteiger partial charge in [0, 0.05) is 10.9 Å². The number of nitrogens with one attached hydrogen (secondary N) is 1. The number of carbonyl (C=O) groups is 1. The topological polar surface area (TPSA) is 38.3 Å². The first-order valence-corrected chi connectivity index (χ1v) is 6.74. The lowest BCUT2D eigenvalue weighted by Crippen LogP contribution is -2.34. The molecule has 1 atom stereocenters. The number of thioether (sulfide) groups is 1. The molecule has 0 fully saturated rings. The number of esters is 1. The second kappa shape index (κ2) is 6.99. The highest BCUT2D eigenvalue weighted by atomic mass is 32.2. The smallest absolute Gasteiger partial charge is 0.446 e. The van der Waals surface area contributed by atoms with Gasteiger partial charge in [0.2, 0.25) is 0 Å². The summed E-state index contributed by atoms with van der Waals surface area (Å²) in [5, 5.41) is 3.01. The van der Waals surface area contributed by atoms with Gasteiger partial charge in [-0.2, -0.15) is 13.2 Å². The fraction of sp³-hybridized carbons (Fsp3) is 0.462. The van der Waals surface area contributed by atoms with Gasteiger partial charge in [-0.15, -0.1) is 0 Å². The highest BCUT2D eigenvalue weighted by Gasteiger charge is 2.29. The maximum absolute atomic E-state index is 12.2. The van der Waals surface area contributed by atoms with E-state index in [1.165, 1.54) is 31.4 Å². The van der Waals surface area contributed by atoms with E-state index < -0.39 is 17.5 Å². The molecule has 1 N–H and O–H groups in total. The third-order valence-corrected chi connectivity index (χ3v) is 3.12. The van der Waals surface area contributed by atoms with E-state index in [0.29, 0.717) is 5.56 Å². The van der Waals surface area contributed by atoms with Crippen molar-refractivity contribution in [3.63, 3.8) is 0 Å². The summed E-state index contributed by atoms with van der Waals surface area (Å²) in [4.78, 5) is 11.8. The van der Waals surface area contributed by atoms with Gasteiger partial charge in [0.25, 0.3) is 0 Å². The molecule has 1 rings (SSSR count). The average molecular weight is 307 g/mol. The number of alkyl halides is 3. The Morgan fingerprint density at radius 3 is 2.20 bits per heavy atom. The monoisotopic (exact) mass is 307 g/mol. The summed E-state index contributed by atoms with van der Waals surface area (Å²) in [6.45, 7) is 3.73. The van der Waals surface area contributed by atoms with Crippen molar-refractivity contribution in [1.82, 2.24) is 5.32 Å². The first kappa shape index (κ1) is 16.8. The molecule has 1 unspecified atom stereocenters. The Labute approximate surface area is 119 Å². The summed E-state index contributed by atoms with van der Waals surface area (Å²) < 4.78 is 41.4. The standard InChI is InChI=1S/C13H16F3NO2S/c1-8(2)17-11(12(18)19-3)9-4-6-10(7-5-9)20-13(14,15)16/h4-8,11,17H,1-3H3. The van der Waals surface area contributed by atoms with Crippen LogP contribution in [0.1, 0.15) is 25.5 Å². The molecule has 0 aliphatic heterocycles. The van der Waals surface area contributed by atoms with Crippen LogP contribution < -0.4 is 5.32 Å². The van der Waals surface area contributed by atoms with Crippen LogP contribution in [-0.2, 0) is 9.53 Å². The Balaban J connectivity index is 2.90. The van der Waals surface area contributed by atoms with Gasteiger partial charge in [-0.05, 0) is 43.3 Å². The molecule has 0 saturated carbocycles. The van der Waals surface area contributed by atoms with E-state index in [4.69, 9.17) is 4.74 Å². The van der Waals surface area contributed by atoms with Crippen molar-refractivity contribution < 1.29 is 22.7 Å². The van der Waals surface area contributed by atoms with Gasteiger partial charge < -0.3 is 4.74 Å². The summed E-state index contributed by atoms with van der Waals surface area (Å²) in [6, 6.07) is 5.00. The summed E-state index contributed by atoms with van der Waals surface area (Å²) in [5.74, 6) is -0.477. The Hall–Kier alpha value is -1.21. The minimum atomic E-state index is -4.32. The Kier molecular flexibility index (Phi) is 5.88. The highest BCUT2D eigenvalue weighted by molar-refractivity contribution is 8.00. The van der Waals surface area contributed by atoms with Gasteiger partial charge in [0.15, 0.2) is 0 Å². The third-order valence-electron chi connectivity index (χ3n) is 2.38. The van der Waals surface area contributed by atoms with Crippen molar-refractivity contribution in [3.8, 4) is 0 Å². The van der Waals surface area contributed by atoms with Crippen LogP contribution in [-0.4, -0.2) is 24.6 Å². The lowest BCUT2D eigenvalue weighted by Gasteiger charge is -2.19. The van der Waals surface area contributed by atoms with E-state index >= 15 is 0 Å². The van der Waals surface area contributed by atoms with Crippen molar-refractivity contribution in [1.29, 1.82) is 0 Å². The summed E-state index contributed by atoms with van der Waals surface area (Å²) in [6.07, 6.45) is 0. The van der Waals surface area contributed by atoms with Gasteiger partial charge in [0.05, 0.1) is 7.11 Å². The molecule has 0 heterocycles. The van der Waals surface area contributed by atoms with Gasteiger partial charge in [-0.1, -0.05) is 12.1 Å². The normalized spacial score (nSPS) is 13.3. The van der Waals surface area contributed by atoms with Crippen molar-refractivity contribution in [2.45, 2.75) is 36.3 Å². The third kappa shape index (κ3) is 5.42. The molecule has 112 valence electrons. The van der Waals surface area contributed by atoms with E-state index in [-0.39, 0.29) is 22.7 Å². The van der Waals surface area contributed by atoms with Gasteiger partial charge in [-0.3, -0.25) is 5.32 Å². The van der Waals surface area contributed by atoms with Crippen LogP contribution in [0.3, 0.4) is 0 Å². The molecule has 0 spiro atoms. The molecule has 20 heavy (non-hydrogen) atoms. The van der Waals surface area contributed by atoms with E-state index in [2.05, 4.69) is 5.32 Å². The number of methoxy groups -OCH3 is 1. The maximum atomic E-state index is 12.2. The van der Waals surface area contributed by atoms with Crippen molar-refractivity contribution >= 4 is 17.7 Å². The van der Waals surface area contributed by atoms with Crippen molar-refractivity contribution in [2.75, 3.05) is 7.11 Å². The lowest BCUT2D eigenvalue weighted by molar-refractivity contribution is -0.143. The Bertz CT molecular complexity index is 446. The molecule has 0 aliphatic carbocycles. The van der Waals surface area contributed by atoms with Gasteiger partial charge >= 0.3 is 11.5 Å². The highest BCUT2D eigenvalue weighted by Crippen LogP contribution is 2.37. The number of hydrogen-bond acceptors (Lipinski definition) is 4. The molecular weight excluding hydrogens is 291 g/mol. The fourth-order valence-corrected chi connectivity index (χ4v) is 2.15. The molecule has 7 heteroatoms. The zero-order valence-electron chi connectivity index (χ0n) is 11.3. The molecule has 0 aromatic heterocycles. The number of benzene rings is 1. The van der Waals surface area contributed by atoms with Crippen LogP contribution in [0.15, 0.2) is 29.2 Å². The van der Waals surface area contributed by atoms with Crippen LogP contribution in [0, 0.1) is 0 Å². The predicted octanol–water partition coefficient (Wildman–Crippen LogP) is 3.51. The number of halogens is 3. The fourth-order valence-electron chi connectivity index (χ4n) is 1.61. The summed E-state index contributed by atoms with van der Waals surface area (Å²) in [5.41, 5.74) is -3.75. The minimum absolute atomic E-state index is 0.0309. The van der Waals surface area contributed by atoms with Crippen LogP contribution in [0.2, 0.25) is 0 Å². The zero-order valence-corrected chi connectivity index (χ0v) is 12.1. The van der Waals surface area contributed by atoms with Crippen LogP contribution in [0.4, 0.5) is 13.2 Å². The molecule has 0 saturated heterocycles. The number of ether oxygens (including phenoxy) is 1. The van der Waals surface area contributed by atoms with Crippen LogP contribution in [0.25, 0.3) is 0 Å². The van der Waals surface area contributed by atoms with E-state index in [0.717, 1.165) is 0 Å². The first-order valence-electron chi connectivity index (χ1n) is 5.92. The van der Waals surface area contributed by atoms with Gasteiger partial charge in [0.1, 0.15) is 6.04 Å². The second-order valence-corrected chi connectivity index (χ2v) is 5.53. The second-order valence-electron chi connectivity index (χ2n) is 4.39. The molecule has 0 amide bonds. The van der Waals surface area contributed by atoms with Crippen molar-refractivity contribution in [3.05, 3.63) is 29.8 Å². The Morgan fingerprint density at radius 2 is 1.80 bits per heavy atom. The maximum Gasteiger partial charge on any atom is 0.446 e. The van der Waals surface area contributed by atoms with Crippen LogP contribution >= 0.6 is 11.8 Å². The number of carbonyl (C=O) groups excluding carboxylic acids is 1. The molecule has 0 aliphatic rings. The number of hydrogen-bond donors (Lipinski definition) is 1. The molecule has 0 radical (unpaired) electrons. The quantitative estimate of drug-likeness (QED) is 0.667. The largest absolute Gasteiger partial charge is 0.468 e. The van der Waals surface area contributed by atoms with E-state index in [1.807, 2.05) is 13.8 Å². The minimum Gasteiger partial charge on any atom is -0.468 e. The number of rotatable bonds is 5.